The minimum absolute atomic E-state index is 0.00236. The number of aliphatic imine (C=N–C) groups is 1. The number of amidine groups is 1. The molecular weight excluding hydrogens is 400 g/mol. The summed E-state index contributed by atoms with van der Waals surface area (Å²) in [6, 6.07) is 8.71. The van der Waals surface area contributed by atoms with Gasteiger partial charge in [0, 0.05) is 17.5 Å². The van der Waals surface area contributed by atoms with E-state index in [9.17, 15) is 26.0 Å². The summed E-state index contributed by atoms with van der Waals surface area (Å²) < 4.78 is 84.5. The molecule has 5 nitrogen and oxygen atoms in total. The van der Waals surface area contributed by atoms with Gasteiger partial charge >= 0.3 is 6.18 Å². The Labute approximate surface area is 159 Å². The van der Waals surface area contributed by atoms with Gasteiger partial charge < -0.3 is 9.64 Å². The molecular formula is C18H16F4N2O3S. The smallest absolute Gasteiger partial charge is 0.413 e. The van der Waals surface area contributed by atoms with Crippen LogP contribution in [0.5, 0.6) is 5.75 Å². The van der Waals surface area contributed by atoms with E-state index in [1.54, 1.807) is 18.2 Å². The monoisotopic (exact) mass is 416 g/mol. The average molecular weight is 416 g/mol. The maximum atomic E-state index is 14.2. The van der Waals surface area contributed by atoms with Crippen molar-refractivity contribution in [3.63, 3.8) is 0 Å². The number of benzene rings is 2. The van der Waals surface area contributed by atoms with Crippen LogP contribution in [-0.2, 0) is 9.84 Å². The van der Waals surface area contributed by atoms with Gasteiger partial charge in [-0.2, -0.15) is 13.2 Å². The topological polar surface area (TPSA) is 59.0 Å². The summed E-state index contributed by atoms with van der Waals surface area (Å²) in [5, 5.41) is -2.00. The zero-order chi connectivity index (χ0) is 20.7. The first kappa shape index (κ1) is 20.1. The Bertz CT molecular complexity index is 1010. The van der Waals surface area contributed by atoms with E-state index in [1.165, 1.54) is 31.4 Å². The van der Waals surface area contributed by atoms with Gasteiger partial charge in [-0.05, 0) is 30.3 Å². The van der Waals surface area contributed by atoms with E-state index in [0.29, 0.717) is 0 Å². The van der Waals surface area contributed by atoms with Crippen molar-refractivity contribution in [2.45, 2.75) is 17.6 Å². The Balaban J connectivity index is 2.23. The maximum Gasteiger partial charge on any atom is 0.413 e. The third-order valence-corrected chi connectivity index (χ3v) is 5.58. The maximum absolute atomic E-state index is 14.2. The number of nitrogens with zero attached hydrogens (tertiary/aromatic N) is 2. The molecule has 1 aliphatic rings. The summed E-state index contributed by atoms with van der Waals surface area (Å²) in [7, 11) is -2.97. The lowest BCUT2D eigenvalue weighted by Gasteiger charge is -2.29. The lowest BCUT2D eigenvalue weighted by molar-refractivity contribution is -0.145. The number of para-hydroxylation sites is 1. The second-order valence-electron chi connectivity index (χ2n) is 6.21. The van der Waals surface area contributed by atoms with Gasteiger partial charge in [0.1, 0.15) is 5.84 Å². The quantitative estimate of drug-likeness (QED) is 0.717. The van der Waals surface area contributed by atoms with E-state index in [-0.39, 0.29) is 22.8 Å². The van der Waals surface area contributed by atoms with Crippen LogP contribution in [0.3, 0.4) is 0 Å². The Morgan fingerprint density at radius 3 is 2.25 bits per heavy atom. The van der Waals surface area contributed by atoms with Gasteiger partial charge in [0.25, 0.3) is 0 Å². The molecule has 0 saturated heterocycles. The molecule has 0 aliphatic carbocycles. The minimum atomic E-state index is -4.91. The van der Waals surface area contributed by atoms with Gasteiger partial charge in [-0.15, -0.1) is 0 Å². The normalized spacial score (nSPS) is 20.2. The molecule has 2 unspecified atom stereocenters. The Morgan fingerprint density at radius 1 is 1.11 bits per heavy atom. The zero-order valence-electron chi connectivity index (χ0n) is 14.8. The second-order valence-corrected chi connectivity index (χ2v) is 8.36. The first-order valence-electron chi connectivity index (χ1n) is 8.05. The van der Waals surface area contributed by atoms with E-state index >= 15 is 0 Å². The highest BCUT2D eigenvalue weighted by atomic mass is 32.2. The van der Waals surface area contributed by atoms with Crippen molar-refractivity contribution in [2.75, 3.05) is 18.3 Å². The standard InChI is InChI=1S/C18H16F4N2O3S/c1-27-14-9-8-11(10-13(14)19)16-23-15(18(20,21)22)17(28(2,25)26)24(16)12-6-4-3-5-7-12/h3-10,15,17H,1-2H3. The van der Waals surface area contributed by atoms with Gasteiger partial charge in [-0.1, -0.05) is 18.2 Å². The van der Waals surface area contributed by atoms with Crippen molar-refractivity contribution in [1.29, 1.82) is 0 Å². The molecule has 1 heterocycles. The van der Waals surface area contributed by atoms with Crippen LogP contribution >= 0.6 is 0 Å². The molecule has 1 aliphatic heterocycles. The van der Waals surface area contributed by atoms with Crippen LogP contribution in [0.2, 0.25) is 0 Å². The van der Waals surface area contributed by atoms with Crippen molar-refractivity contribution in [2.24, 2.45) is 4.99 Å². The Morgan fingerprint density at radius 2 is 1.75 bits per heavy atom. The van der Waals surface area contributed by atoms with Crippen LogP contribution in [0.25, 0.3) is 0 Å². The molecule has 28 heavy (non-hydrogen) atoms. The Kier molecular flexibility index (Phi) is 5.09. The number of hydrogen-bond acceptors (Lipinski definition) is 5. The summed E-state index contributed by atoms with van der Waals surface area (Å²) in [5.41, 5.74) is 0.196. The summed E-state index contributed by atoms with van der Waals surface area (Å²) in [5.74, 6) is -1.19. The fourth-order valence-corrected chi connectivity index (χ4v) is 4.34. The number of sulfone groups is 1. The van der Waals surface area contributed by atoms with Crippen LogP contribution in [0.1, 0.15) is 5.56 Å². The number of anilines is 1. The zero-order valence-corrected chi connectivity index (χ0v) is 15.6. The van der Waals surface area contributed by atoms with Crippen molar-refractivity contribution in [1.82, 2.24) is 0 Å². The van der Waals surface area contributed by atoms with Gasteiger partial charge in [0.2, 0.25) is 0 Å². The summed E-state index contributed by atoms with van der Waals surface area (Å²) >= 11 is 0. The van der Waals surface area contributed by atoms with Crippen molar-refractivity contribution in [3.05, 3.63) is 59.9 Å². The average Bonchev–Trinajstić information content (AvgIpc) is 3.04. The number of alkyl halides is 3. The number of ether oxygens (including phenoxy) is 1. The summed E-state index contributed by atoms with van der Waals surface area (Å²) in [6.45, 7) is 0. The van der Waals surface area contributed by atoms with E-state index in [2.05, 4.69) is 4.99 Å². The third kappa shape index (κ3) is 3.68. The highest BCUT2D eigenvalue weighted by Crippen LogP contribution is 2.38. The first-order chi connectivity index (χ1) is 13.0. The second kappa shape index (κ2) is 7.08. The van der Waals surface area contributed by atoms with Crippen molar-refractivity contribution in [3.8, 4) is 5.75 Å². The molecule has 0 N–H and O–H groups in total. The molecule has 0 amide bonds. The highest BCUT2D eigenvalue weighted by molar-refractivity contribution is 7.91. The molecule has 10 heteroatoms. The fraction of sp³-hybridized carbons (Fsp3) is 0.278. The molecule has 3 rings (SSSR count). The molecule has 0 aromatic heterocycles. The van der Waals surface area contributed by atoms with Gasteiger partial charge in [0.15, 0.2) is 32.8 Å². The third-order valence-electron chi connectivity index (χ3n) is 4.23. The van der Waals surface area contributed by atoms with Crippen molar-refractivity contribution >= 4 is 21.4 Å². The van der Waals surface area contributed by atoms with Crippen LogP contribution in [0, 0.1) is 5.82 Å². The SMILES string of the molecule is COc1ccc(C2=NC(C(F)(F)F)C(S(C)(=O)=O)N2c2ccccc2)cc1F. The number of methoxy groups -OCH3 is 1. The molecule has 2 atom stereocenters. The molecule has 2 aromatic carbocycles. The lowest BCUT2D eigenvalue weighted by atomic mass is 10.1. The molecule has 0 saturated carbocycles. The molecule has 150 valence electrons. The van der Waals surface area contributed by atoms with Gasteiger partial charge in [-0.25, -0.2) is 12.8 Å². The van der Waals surface area contributed by atoms with Crippen LogP contribution < -0.4 is 9.64 Å². The molecule has 0 bridgehead atoms. The summed E-state index contributed by atoms with van der Waals surface area (Å²) in [4.78, 5) is 4.64. The van der Waals surface area contributed by atoms with Gasteiger partial charge in [-0.3, -0.25) is 4.99 Å². The minimum Gasteiger partial charge on any atom is -0.494 e. The van der Waals surface area contributed by atoms with Crippen LogP contribution in [-0.4, -0.2) is 45.2 Å². The molecule has 0 radical (unpaired) electrons. The number of hydrogen-bond donors (Lipinski definition) is 0. The number of rotatable bonds is 4. The van der Waals surface area contributed by atoms with E-state index < -0.39 is 33.2 Å². The predicted octanol–water partition coefficient (Wildman–Crippen LogP) is 3.40. The van der Waals surface area contributed by atoms with E-state index in [0.717, 1.165) is 17.2 Å². The largest absolute Gasteiger partial charge is 0.494 e. The predicted molar refractivity (Wildman–Crippen MR) is 96.9 cm³/mol. The molecule has 0 spiro atoms. The Hall–Kier alpha value is -2.62. The summed E-state index contributed by atoms with van der Waals surface area (Å²) in [6.07, 6.45) is -4.19. The fourth-order valence-electron chi connectivity index (χ4n) is 3.06. The molecule has 2 aromatic rings. The van der Waals surface area contributed by atoms with Crippen LogP contribution in [0.15, 0.2) is 53.5 Å². The first-order valence-corrected chi connectivity index (χ1v) is 10.0. The lowest BCUT2D eigenvalue weighted by Crippen LogP contribution is -2.50. The highest BCUT2D eigenvalue weighted by Gasteiger charge is 2.56. The van der Waals surface area contributed by atoms with E-state index in [4.69, 9.17) is 4.74 Å². The number of halogens is 4. The van der Waals surface area contributed by atoms with E-state index in [1.807, 2.05) is 0 Å². The van der Waals surface area contributed by atoms with Gasteiger partial charge in [0.05, 0.1) is 7.11 Å². The van der Waals surface area contributed by atoms with Crippen molar-refractivity contribution < 1.29 is 30.7 Å². The molecule has 0 fully saturated rings. The van der Waals surface area contributed by atoms with Crippen LogP contribution in [0.4, 0.5) is 23.2 Å².